The summed E-state index contributed by atoms with van der Waals surface area (Å²) < 4.78 is 5.26. The first-order valence-electron chi connectivity index (χ1n) is 7.44. The summed E-state index contributed by atoms with van der Waals surface area (Å²) in [5, 5.41) is 8.79. The Morgan fingerprint density at radius 3 is 2.35 bits per heavy atom. The largest absolute Gasteiger partial charge is 0.506 e. The molecular formula is C19H24N2O2. The topological polar surface area (TPSA) is 58.7 Å². The van der Waals surface area contributed by atoms with Crippen molar-refractivity contribution in [1.82, 2.24) is 0 Å². The first-order valence-corrected chi connectivity index (χ1v) is 7.44. The molecular weight excluding hydrogens is 288 g/mol. The first-order chi connectivity index (χ1) is 10.8. The third-order valence-electron chi connectivity index (χ3n) is 4.30. The number of fused-ring (bicyclic) bond motifs is 1. The number of nitrogen functional groups attached to an aromatic ring is 1. The van der Waals surface area contributed by atoms with Gasteiger partial charge in [-0.1, -0.05) is 32.6 Å². The van der Waals surface area contributed by atoms with Gasteiger partial charge in [0.2, 0.25) is 0 Å². The van der Waals surface area contributed by atoms with Crippen molar-refractivity contribution in [3.05, 3.63) is 60.3 Å². The monoisotopic (exact) mass is 312 g/mol. The van der Waals surface area contributed by atoms with E-state index in [0.717, 1.165) is 11.4 Å². The van der Waals surface area contributed by atoms with Crippen LogP contribution in [-0.2, 0) is 5.41 Å². The van der Waals surface area contributed by atoms with Crippen molar-refractivity contribution in [2.75, 3.05) is 24.8 Å². The molecule has 0 spiro atoms. The molecule has 0 aliphatic carbocycles. The summed E-state index contributed by atoms with van der Waals surface area (Å²) in [6.45, 7) is 8.53. The summed E-state index contributed by atoms with van der Waals surface area (Å²) in [5.74, 6) is 1.05. The van der Waals surface area contributed by atoms with Crippen LogP contribution in [0, 0.1) is 0 Å². The number of methoxy groups -OCH3 is 1. The van der Waals surface area contributed by atoms with E-state index in [-0.39, 0.29) is 11.2 Å². The van der Waals surface area contributed by atoms with Gasteiger partial charge < -0.3 is 20.5 Å². The molecule has 0 saturated carbocycles. The molecule has 122 valence electrons. The molecule has 0 aromatic heterocycles. The third-order valence-corrected chi connectivity index (χ3v) is 4.30. The van der Waals surface area contributed by atoms with E-state index in [1.165, 1.54) is 11.3 Å². The van der Waals surface area contributed by atoms with Crippen molar-refractivity contribution in [2.45, 2.75) is 19.3 Å². The Balaban J connectivity index is 0.000000203. The molecule has 0 bridgehead atoms. The normalized spacial score (nSPS) is 14.8. The van der Waals surface area contributed by atoms with Crippen LogP contribution in [0.5, 0.6) is 11.5 Å². The Morgan fingerprint density at radius 2 is 1.83 bits per heavy atom. The predicted molar refractivity (Wildman–Crippen MR) is 96.1 cm³/mol. The molecule has 1 aliphatic heterocycles. The highest BCUT2D eigenvalue weighted by molar-refractivity contribution is 5.70. The zero-order chi connectivity index (χ0) is 17.2. The van der Waals surface area contributed by atoms with E-state index in [4.69, 9.17) is 15.6 Å². The van der Waals surface area contributed by atoms with Crippen molar-refractivity contribution in [1.29, 1.82) is 0 Å². The quantitative estimate of drug-likeness (QED) is 0.619. The number of nitrogens with zero attached hydrogens (tertiary/aromatic N) is 1. The van der Waals surface area contributed by atoms with Crippen molar-refractivity contribution in [3.63, 3.8) is 0 Å². The van der Waals surface area contributed by atoms with Crippen LogP contribution in [0.25, 0.3) is 0 Å². The number of phenolic OH excluding ortho intramolecular Hbond substituents is 1. The van der Waals surface area contributed by atoms with Crippen molar-refractivity contribution >= 4 is 11.4 Å². The first kappa shape index (κ1) is 16.7. The minimum absolute atomic E-state index is 0.00137. The second-order valence-electron chi connectivity index (χ2n) is 6.07. The number of hydrogen-bond donors (Lipinski definition) is 2. The van der Waals surface area contributed by atoms with Gasteiger partial charge in [0.15, 0.2) is 0 Å². The smallest absolute Gasteiger partial charge is 0.138 e. The summed E-state index contributed by atoms with van der Waals surface area (Å²) in [7, 11) is 3.75. The number of ether oxygens (including phenoxy) is 1. The zero-order valence-corrected chi connectivity index (χ0v) is 14.1. The number of aromatic hydroxyl groups is 1. The lowest BCUT2D eigenvalue weighted by Gasteiger charge is -2.22. The van der Waals surface area contributed by atoms with Gasteiger partial charge in [-0.3, -0.25) is 0 Å². The molecule has 0 radical (unpaired) electrons. The van der Waals surface area contributed by atoms with E-state index in [0.29, 0.717) is 5.69 Å². The highest BCUT2D eigenvalue weighted by Crippen LogP contribution is 2.47. The van der Waals surface area contributed by atoms with E-state index in [1.54, 1.807) is 31.4 Å². The highest BCUT2D eigenvalue weighted by Gasteiger charge is 2.37. The average Bonchev–Trinajstić information content (AvgIpc) is 2.71. The maximum Gasteiger partial charge on any atom is 0.138 e. The second-order valence-corrected chi connectivity index (χ2v) is 6.07. The molecule has 0 amide bonds. The maximum atomic E-state index is 8.79. The van der Waals surface area contributed by atoms with Crippen LogP contribution in [-0.4, -0.2) is 19.3 Å². The number of nitrogens with two attached hydrogens (primary N) is 1. The van der Waals surface area contributed by atoms with Crippen molar-refractivity contribution in [3.8, 4) is 11.5 Å². The molecule has 0 atom stereocenters. The Kier molecular flexibility index (Phi) is 4.55. The summed E-state index contributed by atoms with van der Waals surface area (Å²) in [4.78, 5) is 2.15. The zero-order valence-electron chi connectivity index (χ0n) is 14.1. The number of benzene rings is 2. The highest BCUT2D eigenvalue weighted by atomic mass is 16.5. The average molecular weight is 312 g/mol. The summed E-state index contributed by atoms with van der Waals surface area (Å²) in [6.07, 6.45) is 0. The minimum atomic E-state index is -0.00137. The van der Waals surface area contributed by atoms with Crippen LogP contribution in [0.15, 0.2) is 54.7 Å². The molecule has 3 rings (SSSR count). The van der Waals surface area contributed by atoms with Crippen LogP contribution >= 0.6 is 0 Å². The SMILES string of the molecule is C=C1N(C)c2ccc(OC)cc2C1(C)C.Nc1ccccc1O. The molecule has 1 heterocycles. The summed E-state index contributed by atoms with van der Waals surface area (Å²) >= 11 is 0. The van der Waals surface area contributed by atoms with Gasteiger partial charge in [0.25, 0.3) is 0 Å². The molecule has 23 heavy (non-hydrogen) atoms. The number of likely N-dealkylation sites (N-methyl/N-ethyl adjacent to an activating group) is 1. The van der Waals surface area contributed by atoms with Crippen LogP contribution in [0.2, 0.25) is 0 Å². The number of rotatable bonds is 1. The summed E-state index contributed by atoms with van der Waals surface area (Å²) in [5.41, 5.74) is 9.34. The van der Waals surface area contributed by atoms with E-state index >= 15 is 0 Å². The van der Waals surface area contributed by atoms with Gasteiger partial charge in [0.1, 0.15) is 11.5 Å². The fraction of sp³-hybridized carbons (Fsp3) is 0.263. The Bertz CT molecular complexity index is 702. The van der Waals surface area contributed by atoms with E-state index in [1.807, 2.05) is 6.07 Å². The lowest BCUT2D eigenvalue weighted by molar-refractivity contribution is 0.413. The van der Waals surface area contributed by atoms with Gasteiger partial charge in [-0.2, -0.15) is 0 Å². The standard InChI is InChI=1S/C13H17NO.C6H7NO/c1-9-13(2,3)11-8-10(15-5)6-7-12(11)14(9)4;7-5-3-1-2-4-6(5)8/h6-8H,1H2,2-5H3;1-4,8H,7H2. The lowest BCUT2D eigenvalue weighted by Crippen LogP contribution is -2.21. The van der Waals surface area contributed by atoms with E-state index in [9.17, 15) is 0 Å². The molecule has 4 heteroatoms. The predicted octanol–water partition coefficient (Wildman–Crippen LogP) is 3.91. The van der Waals surface area contributed by atoms with Gasteiger partial charge in [0, 0.05) is 23.8 Å². The molecule has 0 unspecified atom stereocenters. The molecule has 0 saturated heterocycles. The number of phenols is 1. The Labute approximate surface area is 137 Å². The molecule has 0 fully saturated rings. The number of anilines is 2. The molecule has 1 aliphatic rings. The van der Waals surface area contributed by atoms with E-state index in [2.05, 4.69) is 44.5 Å². The minimum Gasteiger partial charge on any atom is -0.506 e. The fourth-order valence-corrected chi connectivity index (χ4v) is 2.64. The van der Waals surface area contributed by atoms with Gasteiger partial charge in [-0.25, -0.2) is 0 Å². The van der Waals surface area contributed by atoms with Gasteiger partial charge in [0.05, 0.1) is 12.8 Å². The van der Waals surface area contributed by atoms with Crippen molar-refractivity contribution in [2.24, 2.45) is 0 Å². The molecule has 2 aromatic carbocycles. The van der Waals surface area contributed by atoms with Gasteiger partial charge in [-0.05, 0) is 35.9 Å². The van der Waals surface area contributed by atoms with Gasteiger partial charge >= 0.3 is 0 Å². The Morgan fingerprint density at radius 1 is 1.17 bits per heavy atom. The number of allylic oxidation sites excluding steroid dienone is 1. The van der Waals surface area contributed by atoms with Gasteiger partial charge in [-0.15, -0.1) is 0 Å². The van der Waals surface area contributed by atoms with Crippen LogP contribution < -0.4 is 15.4 Å². The van der Waals surface area contributed by atoms with E-state index < -0.39 is 0 Å². The number of para-hydroxylation sites is 2. The third kappa shape index (κ3) is 3.11. The van der Waals surface area contributed by atoms with Crippen LogP contribution in [0.3, 0.4) is 0 Å². The van der Waals surface area contributed by atoms with Crippen LogP contribution in [0.4, 0.5) is 11.4 Å². The maximum absolute atomic E-state index is 8.79. The molecule has 4 nitrogen and oxygen atoms in total. The molecule has 2 aromatic rings. The fourth-order valence-electron chi connectivity index (χ4n) is 2.64. The molecule has 3 N–H and O–H groups in total. The Hall–Kier alpha value is -2.62. The van der Waals surface area contributed by atoms with Crippen LogP contribution in [0.1, 0.15) is 19.4 Å². The van der Waals surface area contributed by atoms with Crippen molar-refractivity contribution < 1.29 is 9.84 Å². The second kappa shape index (κ2) is 6.24. The summed E-state index contributed by atoms with van der Waals surface area (Å²) in [6, 6.07) is 12.9. The lowest BCUT2D eigenvalue weighted by atomic mass is 9.84. The number of hydrogen-bond acceptors (Lipinski definition) is 4.